The second kappa shape index (κ2) is 9.12. The van der Waals surface area contributed by atoms with Crippen LogP contribution < -0.4 is 15.8 Å². The number of hydrogen-bond donors (Lipinski definition) is 3. The van der Waals surface area contributed by atoms with Gasteiger partial charge in [0.05, 0.1) is 11.0 Å². The first-order valence-corrected chi connectivity index (χ1v) is 9.66. The molecule has 4 N–H and O–H groups in total. The molecule has 1 unspecified atom stereocenters. The van der Waals surface area contributed by atoms with Gasteiger partial charge in [-0.15, -0.1) is 0 Å². The van der Waals surface area contributed by atoms with Gasteiger partial charge < -0.3 is 15.8 Å². The standard InChI is InChI=1S/C16H25N3O4S/c17-9-1-4-16(20)18-11-13-5-7-15(8-6-13)24(21,22)19-12-14-3-2-10-23-14/h5-8,14,19H,1-4,9-12,17H2,(H,18,20). The molecule has 1 aromatic carbocycles. The average molecular weight is 355 g/mol. The zero-order valence-electron chi connectivity index (χ0n) is 13.7. The van der Waals surface area contributed by atoms with E-state index in [0.717, 1.165) is 18.4 Å². The molecule has 1 aromatic rings. The fourth-order valence-corrected chi connectivity index (χ4v) is 3.50. The van der Waals surface area contributed by atoms with Gasteiger partial charge in [0.15, 0.2) is 0 Å². The van der Waals surface area contributed by atoms with Gasteiger partial charge >= 0.3 is 0 Å². The van der Waals surface area contributed by atoms with Crippen molar-refractivity contribution in [2.24, 2.45) is 5.73 Å². The summed E-state index contributed by atoms with van der Waals surface area (Å²) in [4.78, 5) is 11.7. The Kier molecular flexibility index (Phi) is 7.16. The maximum absolute atomic E-state index is 12.2. The van der Waals surface area contributed by atoms with E-state index < -0.39 is 10.0 Å². The Hall–Kier alpha value is -1.48. The predicted octanol–water partition coefficient (Wildman–Crippen LogP) is 0.499. The lowest BCUT2D eigenvalue weighted by Crippen LogP contribution is -2.31. The number of carbonyl (C=O) groups is 1. The van der Waals surface area contributed by atoms with E-state index >= 15 is 0 Å². The molecule has 24 heavy (non-hydrogen) atoms. The van der Waals surface area contributed by atoms with Crippen molar-refractivity contribution >= 4 is 15.9 Å². The fourth-order valence-electron chi connectivity index (χ4n) is 2.43. The first-order chi connectivity index (χ1) is 11.5. The first-order valence-electron chi connectivity index (χ1n) is 8.18. The van der Waals surface area contributed by atoms with Crippen molar-refractivity contribution in [2.75, 3.05) is 19.7 Å². The van der Waals surface area contributed by atoms with Crippen molar-refractivity contribution in [1.29, 1.82) is 0 Å². The van der Waals surface area contributed by atoms with Crippen molar-refractivity contribution in [3.63, 3.8) is 0 Å². The topological polar surface area (TPSA) is 111 Å². The van der Waals surface area contributed by atoms with Crippen molar-refractivity contribution in [1.82, 2.24) is 10.0 Å². The molecule has 7 nitrogen and oxygen atoms in total. The van der Waals surface area contributed by atoms with Crippen molar-refractivity contribution in [2.45, 2.75) is 43.2 Å². The molecular formula is C16H25N3O4S. The van der Waals surface area contributed by atoms with E-state index in [9.17, 15) is 13.2 Å². The predicted molar refractivity (Wildman–Crippen MR) is 90.7 cm³/mol. The maximum atomic E-state index is 12.2. The van der Waals surface area contributed by atoms with Crippen LogP contribution in [0.1, 0.15) is 31.2 Å². The summed E-state index contributed by atoms with van der Waals surface area (Å²) in [5.74, 6) is -0.0598. The van der Waals surface area contributed by atoms with Gasteiger partial charge in [0.2, 0.25) is 15.9 Å². The number of nitrogens with one attached hydrogen (secondary N) is 2. The van der Waals surface area contributed by atoms with Crippen molar-refractivity contribution in [3.8, 4) is 0 Å². The van der Waals surface area contributed by atoms with Crippen molar-refractivity contribution in [3.05, 3.63) is 29.8 Å². The molecule has 1 fully saturated rings. The van der Waals surface area contributed by atoms with Crippen LogP contribution in [0.5, 0.6) is 0 Å². The summed E-state index contributed by atoms with van der Waals surface area (Å²) in [7, 11) is -3.54. The van der Waals surface area contributed by atoms with Crippen LogP contribution in [0.4, 0.5) is 0 Å². The largest absolute Gasteiger partial charge is 0.377 e. The lowest BCUT2D eigenvalue weighted by Gasteiger charge is -2.12. The number of nitrogens with two attached hydrogens (primary N) is 1. The molecule has 8 heteroatoms. The van der Waals surface area contributed by atoms with Crippen molar-refractivity contribution < 1.29 is 17.9 Å². The van der Waals surface area contributed by atoms with Crippen LogP contribution >= 0.6 is 0 Å². The Morgan fingerprint density at radius 2 is 2.04 bits per heavy atom. The molecule has 1 amide bonds. The van der Waals surface area contributed by atoms with Gasteiger partial charge in [0, 0.05) is 26.1 Å². The summed E-state index contributed by atoms with van der Waals surface area (Å²) in [6, 6.07) is 6.48. The van der Waals surface area contributed by atoms with Crippen LogP contribution in [0.2, 0.25) is 0 Å². The average Bonchev–Trinajstić information content (AvgIpc) is 3.10. The maximum Gasteiger partial charge on any atom is 0.240 e. The SMILES string of the molecule is NCCCC(=O)NCc1ccc(S(=O)(=O)NCC2CCCO2)cc1. The van der Waals surface area contributed by atoms with E-state index in [1.54, 1.807) is 24.3 Å². The Labute approximate surface area is 143 Å². The Morgan fingerprint density at radius 1 is 1.29 bits per heavy atom. The van der Waals surface area contributed by atoms with Gasteiger partial charge in [-0.25, -0.2) is 13.1 Å². The second-order valence-corrected chi connectivity index (χ2v) is 7.57. The van der Waals surface area contributed by atoms with E-state index in [-0.39, 0.29) is 16.9 Å². The number of hydrogen-bond acceptors (Lipinski definition) is 5. The summed E-state index contributed by atoms with van der Waals surface area (Å²) in [6.45, 7) is 1.84. The molecule has 1 aliphatic heterocycles. The zero-order valence-corrected chi connectivity index (χ0v) is 14.5. The van der Waals surface area contributed by atoms with E-state index in [4.69, 9.17) is 10.5 Å². The minimum Gasteiger partial charge on any atom is -0.377 e. The monoisotopic (exact) mass is 355 g/mol. The van der Waals surface area contributed by atoms with E-state index in [1.807, 2.05) is 0 Å². The molecule has 0 radical (unpaired) electrons. The highest BCUT2D eigenvalue weighted by molar-refractivity contribution is 7.89. The Balaban J connectivity index is 1.84. The van der Waals surface area contributed by atoms with E-state index in [2.05, 4.69) is 10.0 Å². The minimum atomic E-state index is -3.54. The molecule has 0 saturated carbocycles. The number of rotatable bonds is 9. The van der Waals surface area contributed by atoms with Gasteiger partial charge in [-0.1, -0.05) is 12.1 Å². The molecule has 0 aliphatic carbocycles. The van der Waals surface area contributed by atoms with Crippen LogP contribution in [-0.2, 0) is 26.1 Å². The third-order valence-electron chi connectivity index (χ3n) is 3.86. The van der Waals surface area contributed by atoms with Crippen LogP contribution in [0.3, 0.4) is 0 Å². The highest BCUT2D eigenvalue weighted by atomic mass is 32.2. The molecule has 134 valence electrons. The molecule has 2 rings (SSSR count). The molecule has 1 heterocycles. The molecule has 1 saturated heterocycles. The molecule has 1 aliphatic rings. The van der Waals surface area contributed by atoms with Gasteiger partial charge in [0.1, 0.15) is 0 Å². The van der Waals surface area contributed by atoms with Gasteiger partial charge in [-0.3, -0.25) is 4.79 Å². The van der Waals surface area contributed by atoms with Crippen LogP contribution in [0.15, 0.2) is 29.2 Å². The molecule has 0 aromatic heterocycles. The number of carbonyl (C=O) groups excluding carboxylic acids is 1. The highest BCUT2D eigenvalue weighted by Gasteiger charge is 2.20. The van der Waals surface area contributed by atoms with Crippen LogP contribution in [0, 0.1) is 0 Å². The summed E-state index contributed by atoms with van der Waals surface area (Å²) in [5, 5.41) is 2.78. The van der Waals surface area contributed by atoms with Crippen LogP contribution in [-0.4, -0.2) is 40.1 Å². The summed E-state index contributed by atoms with van der Waals surface area (Å²) in [6.07, 6.45) is 2.86. The lowest BCUT2D eigenvalue weighted by molar-refractivity contribution is -0.121. The zero-order chi connectivity index (χ0) is 17.4. The molecule has 1 atom stereocenters. The quantitative estimate of drug-likeness (QED) is 0.597. The Bertz CT molecular complexity index is 625. The number of benzene rings is 1. The highest BCUT2D eigenvalue weighted by Crippen LogP contribution is 2.14. The van der Waals surface area contributed by atoms with Gasteiger partial charge in [0.25, 0.3) is 0 Å². The third-order valence-corrected chi connectivity index (χ3v) is 5.30. The molecular weight excluding hydrogens is 330 g/mol. The van der Waals surface area contributed by atoms with E-state index in [1.165, 1.54) is 0 Å². The van der Waals surface area contributed by atoms with E-state index in [0.29, 0.717) is 39.1 Å². The molecule has 0 spiro atoms. The second-order valence-electron chi connectivity index (χ2n) is 5.80. The first kappa shape index (κ1) is 18.9. The summed E-state index contributed by atoms with van der Waals surface area (Å²) >= 11 is 0. The third kappa shape index (κ3) is 5.86. The Morgan fingerprint density at radius 3 is 2.67 bits per heavy atom. The lowest BCUT2D eigenvalue weighted by atomic mass is 10.2. The van der Waals surface area contributed by atoms with Gasteiger partial charge in [-0.2, -0.15) is 0 Å². The smallest absolute Gasteiger partial charge is 0.240 e. The fraction of sp³-hybridized carbons (Fsp3) is 0.562. The van der Waals surface area contributed by atoms with Gasteiger partial charge in [-0.05, 0) is 43.5 Å². The summed E-state index contributed by atoms with van der Waals surface area (Å²) in [5.41, 5.74) is 6.20. The van der Waals surface area contributed by atoms with Crippen LogP contribution in [0.25, 0.3) is 0 Å². The minimum absolute atomic E-state index is 0.0391. The number of ether oxygens (including phenoxy) is 1. The summed E-state index contributed by atoms with van der Waals surface area (Å²) < 4.78 is 32.5. The number of sulfonamides is 1. The molecule has 0 bridgehead atoms. The normalized spacial score (nSPS) is 17.8. The number of amides is 1.